The van der Waals surface area contributed by atoms with Crippen LogP contribution >= 0.6 is 7.94 Å². The maximum atomic E-state index is 12.3. The van der Waals surface area contributed by atoms with Crippen molar-refractivity contribution in [1.82, 2.24) is 0 Å². The molecule has 0 saturated carbocycles. The van der Waals surface area contributed by atoms with E-state index < -0.39 is 13.9 Å². The number of ether oxygens (including phenoxy) is 1. The Hall–Kier alpha value is -1.78. The molecule has 0 bridgehead atoms. The molecule has 0 unspecified atom stereocenters. The molecule has 0 saturated heterocycles. The first-order valence-electron chi connectivity index (χ1n) is 8.62. The molecular formula is C20H29O5P. The van der Waals surface area contributed by atoms with Crippen molar-refractivity contribution in [1.29, 1.82) is 0 Å². The molecule has 0 spiro atoms. The van der Waals surface area contributed by atoms with Crippen LogP contribution in [-0.4, -0.2) is 29.0 Å². The van der Waals surface area contributed by atoms with Crippen molar-refractivity contribution in [2.45, 2.75) is 34.6 Å². The number of benzene rings is 2. The Kier molecular flexibility index (Phi) is 8.89. The first-order chi connectivity index (χ1) is 12.2. The molecule has 0 atom stereocenters. The predicted molar refractivity (Wildman–Crippen MR) is 107 cm³/mol. The van der Waals surface area contributed by atoms with Crippen molar-refractivity contribution in [3.8, 4) is 0 Å². The third kappa shape index (κ3) is 6.50. The second kappa shape index (κ2) is 10.4. The van der Waals surface area contributed by atoms with Crippen LogP contribution in [-0.2, 0) is 9.26 Å². The van der Waals surface area contributed by atoms with Crippen molar-refractivity contribution in [3.05, 3.63) is 64.7 Å². The first-order valence-corrected chi connectivity index (χ1v) is 10.4. The number of rotatable bonds is 5. The fraction of sp³-hybridized carbons (Fsp3) is 0.350. The van der Waals surface area contributed by atoms with Crippen LogP contribution in [0.4, 0.5) is 0 Å². The molecule has 0 amide bonds. The summed E-state index contributed by atoms with van der Waals surface area (Å²) in [5.74, 6) is -0.703. The fourth-order valence-electron chi connectivity index (χ4n) is 2.60. The summed E-state index contributed by atoms with van der Waals surface area (Å²) in [5, 5.41) is 0.237. The summed E-state index contributed by atoms with van der Waals surface area (Å²) >= 11 is 0. The summed E-state index contributed by atoms with van der Waals surface area (Å²) in [5.41, 5.74) is 2.95. The molecular weight excluding hydrogens is 351 g/mol. The third-order valence-corrected chi connectivity index (χ3v) is 5.23. The van der Waals surface area contributed by atoms with Gasteiger partial charge in [0.25, 0.3) is 0 Å². The topological polar surface area (TPSA) is 76.0 Å². The molecule has 5 nitrogen and oxygen atoms in total. The number of carbonyl (C=O) groups is 1. The minimum absolute atomic E-state index is 0.237. The van der Waals surface area contributed by atoms with E-state index in [1.54, 1.807) is 32.0 Å². The molecule has 2 aromatic rings. The molecule has 0 aliphatic heterocycles. The van der Waals surface area contributed by atoms with Gasteiger partial charge in [0.05, 0.1) is 0 Å². The van der Waals surface area contributed by atoms with Crippen LogP contribution in [0.15, 0.2) is 42.5 Å². The number of hydrogen-bond acceptors (Lipinski definition) is 5. The normalized spacial score (nSPS) is 11.3. The number of carbonyl (C=O) groups excluding carboxylic acids is 1. The molecule has 0 heterocycles. The van der Waals surface area contributed by atoms with E-state index in [0.29, 0.717) is 5.56 Å². The fourth-order valence-corrected chi connectivity index (χ4v) is 3.71. The van der Waals surface area contributed by atoms with E-state index in [4.69, 9.17) is 9.26 Å². The molecule has 0 aliphatic carbocycles. The number of aryl methyl sites for hydroxylation is 3. The Morgan fingerprint density at radius 2 is 1.46 bits per heavy atom. The second-order valence-corrected chi connectivity index (χ2v) is 7.92. The Balaban J connectivity index is 0.000000597. The Labute approximate surface area is 156 Å². The quantitative estimate of drug-likeness (QED) is 0.775. The summed E-state index contributed by atoms with van der Waals surface area (Å²) in [7, 11) is -4.23. The summed E-state index contributed by atoms with van der Waals surface area (Å²) < 4.78 is 9.86. The predicted octanol–water partition coefficient (Wildman–Crippen LogP) is 3.62. The van der Waals surface area contributed by atoms with E-state index >= 15 is 0 Å². The standard InChI is InChI=1S/C16H19O4P.C4H10O/c1-11-9-12(2)15(13(3)10-11)16(17)20-21(18,19)14-7-5-4-6-8-14;1-3-5-4-2/h4-10,18-19,21H,1-3H3;3-4H2,1-2H3. The Morgan fingerprint density at radius 1 is 0.962 bits per heavy atom. The minimum atomic E-state index is -4.23. The molecule has 2 aromatic carbocycles. The van der Waals surface area contributed by atoms with Gasteiger partial charge in [0.2, 0.25) is 0 Å². The third-order valence-electron chi connectivity index (χ3n) is 3.67. The van der Waals surface area contributed by atoms with Gasteiger partial charge < -0.3 is 4.74 Å². The van der Waals surface area contributed by atoms with Gasteiger partial charge in [-0.05, 0) is 13.8 Å². The maximum absolute atomic E-state index is 12.3. The van der Waals surface area contributed by atoms with Crippen molar-refractivity contribution >= 4 is 19.2 Å². The van der Waals surface area contributed by atoms with Crippen LogP contribution in [0.3, 0.4) is 0 Å². The zero-order valence-electron chi connectivity index (χ0n) is 16.1. The van der Waals surface area contributed by atoms with Gasteiger partial charge in [-0.2, -0.15) is 0 Å². The molecule has 0 aliphatic rings. The van der Waals surface area contributed by atoms with Crippen LogP contribution in [0.5, 0.6) is 0 Å². The average molecular weight is 380 g/mol. The van der Waals surface area contributed by atoms with E-state index in [-0.39, 0.29) is 5.30 Å². The van der Waals surface area contributed by atoms with Crippen molar-refractivity contribution in [2.75, 3.05) is 13.2 Å². The molecule has 2 rings (SSSR count). The van der Waals surface area contributed by atoms with Gasteiger partial charge in [-0.25, -0.2) is 0 Å². The molecule has 0 aromatic heterocycles. The first kappa shape index (κ1) is 22.3. The van der Waals surface area contributed by atoms with Crippen LogP contribution in [0, 0.1) is 20.8 Å². The SMILES string of the molecule is CCOCC.Cc1cc(C)c(C(=O)O[PH](O)(O)c2ccccc2)c(C)c1. The average Bonchev–Trinajstić information content (AvgIpc) is 2.55. The van der Waals surface area contributed by atoms with E-state index in [9.17, 15) is 14.6 Å². The van der Waals surface area contributed by atoms with Gasteiger partial charge in [-0.1, -0.05) is 0 Å². The summed E-state index contributed by atoms with van der Waals surface area (Å²) in [6.07, 6.45) is 0. The van der Waals surface area contributed by atoms with Crippen LogP contribution < -0.4 is 5.30 Å². The second-order valence-electron chi connectivity index (χ2n) is 5.92. The molecule has 6 heteroatoms. The number of hydrogen-bond donors (Lipinski definition) is 2. The van der Waals surface area contributed by atoms with Crippen LogP contribution in [0.25, 0.3) is 0 Å². The monoisotopic (exact) mass is 380 g/mol. The van der Waals surface area contributed by atoms with Gasteiger partial charge in [0, 0.05) is 13.2 Å². The Morgan fingerprint density at radius 3 is 1.88 bits per heavy atom. The zero-order valence-corrected chi connectivity index (χ0v) is 17.1. The summed E-state index contributed by atoms with van der Waals surface area (Å²) in [6, 6.07) is 11.9. The van der Waals surface area contributed by atoms with Crippen molar-refractivity contribution < 1.29 is 23.8 Å². The van der Waals surface area contributed by atoms with Crippen molar-refractivity contribution in [3.63, 3.8) is 0 Å². The molecule has 2 N–H and O–H groups in total. The van der Waals surface area contributed by atoms with E-state index in [2.05, 4.69) is 0 Å². The summed E-state index contributed by atoms with van der Waals surface area (Å²) in [6.45, 7) is 11.2. The van der Waals surface area contributed by atoms with Gasteiger partial charge >= 0.3 is 124 Å². The zero-order chi connectivity index (χ0) is 19.7. The molecule has 144 valence electrons. The van der Waals surface area contributed by atoms with Crippen LogP contribution in [0.1, 0.15) is 40.9 Å². The van der Waals surface area contributed by atoms with Gasteiger partial charge in [-0.15, -0.1) is 0 Å². The summed E-state index contributed by atoms with van der Waals surface area (Å²) in [4.78, 5) is 32.5. The molecule has 0 fully saturated rings. The van der Waals surface area contributed by atoms with E-state index in [1.807, 2.05) is 32.9 Å². The van der Waals surface area contributed by atoms with Crippen molar-refractivity contribution in [2.24, 2.45) is 0 Å². The van der Waals surface area contributed by atoms with Gasteiger partial charge in [0.1, 0.15) is 0 Å². The molecule has 0 radical (unpaired) electrons. The Bertz CT molecular complexity index is 688. The molecule has 26 heavy (non-hydrogen) atoms. The van der Waals surface area contributed by atoms with Gasteiger partial charge in [0.15, 0.2) is 0 Å². The van der Waals surface area contributed by atoms with E-state index in [0.717, 1.165) is 29.9 Å². The van der Waals surface area contributed by atoms with E-state index in [1.165, 1.54) is 12.1 Å². The van der Waals surface area contributed by atoms with Gasteiger partial charge in [-0.3, -0.25) is 0 Å². The van der Waals surface area contributed by atoms with Crippen LogP contribution in [0.2, 0.25) is 0 Å².